The first-order chi connectivity index (χ1) is 10.8. The Labute approximate surface area is 146 Å². The zero-order chi connectivity index (χ0) is 17.0. The van der Waals surface area contributed by atoms with Crippen molar-refractivity contribution in [2.24, 2.45) is 5.92 Å². The second kappa shape index (κ2) is 8.72. The Morgan fingerprint density at radius 1 is 1.42 bits per heavy atom. The van der Waals surface area contributed by atoms with Crippen molar-refractivity contribution >= 4 is 28.3 Å². The molecule has 10 heteroatoms. The van der Waals surface area contributed by atoms with Crippen molar-refractivity contribution in [3.05, 3.63) is 30.1 Å². The van der Waals surface area contributed by atoms with Crippen molar-refractivity contribution in [3.8, 4) is 0 Å². The Morgan fingerprint density at radius 2 is 2.08 bits per heavy atom. The molecular weight excluding hydrogens is 361 g/mol. The number of carbonyl (C=O) groups is 1. The topological polar surface area (TPSA) is 108 Å². The van der Waals surface area contributed by atoms with Gasteiger partial charge in [0.1, 0.15) is 10.7 Å². The molecule has 3 unspecified atom stereocenters. The van der Waals surface area contributed by atoms with Gasteiger partial charge < -0.3 is 15.7 Å². The number of aliphatic hydroxyl groups excluding tert-OH is 1. The summed E-state index contributed by atoms with van der Waals surface area (Å²) in [6.45, 7) is 2.66. The van der Waals surface area contributed by atoms with Gasteiger partial charge in [-0.25, -0.2) is 12.8 Å². The number of nitrogens with one attached hydrogen (secondary N) is 3. The van der Waals surface area contributed by atoms with Crippen LogP contribution in [0.1, 0.15) is 6.92 Å². The molecule has 4 N–H and O–H groups in total. The molecular formula is C14H21ClFN3O4S. The third-order valence-corrected chi connectivity index (χ3v) is 5.27. The highest BCUT2D eigenvalue weighted by atomic mass is 35.5. The molecule has 1 aliphatic heterocycles. The minimum atomic E-state index is -4.13. The predicted molar refractivity (Wildman–Crippen MR) is 88.8 cm³/mol. The summed E-state index contributed by atoms with van der Waals surface area (Å²) in [5.41, 5.74) is 0. The Bertz CT molecular complexity index is 674. The third kappa shape index (κ3) is 5.12. The van der Waals surface area contributed by atoms with Crippen LogP contribution in [0.4, 0.5) is 4.39 Å². The number of rotatable bonds is 6. The van der Waals surface area contributed by atoms with Crippen LogP contribution in [0.3, 0.4) is 0 Å². The lowest BCUT2D eigenvalue weighted by molar-refractivity contribution is -0.122. The fourth-order valence-electron chi connectivity index (χ4n) is 2.32. The van der Waals surface area contributed by atoms with Gasteiger partial charge in [0.05, 0.1) is 12.1 Å². The smallest absolute Gasteiger partial charge is 0.244 e. The van der Waals surface area contributed by atoms with Crippen molar-refractivity contribution in [2.75, 3.05) is 19.6 Å². The number of β-amino-alcohol motifs (C(OH)–C–C–N with tert-alkyl or cyclic N) is 1. The molecule has 136 valence electrons. The lowest BCUT2D eigenvalue weighted by Gasteiger charge is -2.18. The number of aliphatic hydroxyl groups is 1. The SMILES string of the molecule is CC(NS(=O)(=O)c1ccccc1F)C(=O)NCC1CNCC1O.Cl. The highest BCUT2D eigenvalue weighted by Gasteiger charge is 2.27. The molecule has 1 aromatic carbocycles. The van der Waals surface area contributed by atoms with Crippen LogP contribution < -0.4 is 15.4 Å². The summed E-state index contributed by atoms with van der Waals surface area (Å²) in [4.78, 5) is 11.5. The van der Waals surface area contributed by atoms with Gasteiger partial charge in [-0.2, -0.15) is 4.72 Å². The van der Waals surface area contributed by atoms with Crippen LogP contribution in [-0.2, 0) is 14.8 Å². The van der Waals surface area contributed by atoms with Gasteiger partial charge in [0.2, 0.25) is 15.9 Å². The van der Waals surface area contributed by atoms with E-state index in [0.717, 1.165) is 12.1 Å². The number of carbonyl (C=O) groups excluding carboxylic acids is 1. The molecule has 0 bridgehead atoms. The highest BCUT2D eigenvalue weighted by molar-refractivity contribution is 7.89. The van der Waals surface area contributed by atoms with E-state index >= 15 is 0 Å². The normalized spacial score (nSPS) is 21.8. The van der Waals surface area contributed by atoms with E-state index in [0.29, 0.717) is 13.1 Å². The van der Waals surface area contributed by atoms with Crippen molar-refractivity contribution in [1.29, 1.82) is 0 Å². The van der Waals surface area contributed by atoms with Gasteiger partial charge in [0.25, 0.3) is 0 Å². The summed E-state index contributed by atoms with van der Waals surface area (Å²) < 4.78 is 39.9. The fourth-order valence-corrected chi connectivity index (χ4v) is 3.61. The Morgan fingerprint density at radius 3 is 2.67 bits per heavy atom. The summed E-state index contributed by atoms with van der Waals surface area (Å²) >= 11 is 0. The zero-order valence-corrected chi connectivity index (χ0v) is 14.7. The molecule has 0 spiro atoms. The van der Waals surface area contributed by atoms with Crippen molar-refractivity contribution < 1.29 is 22.7 Å². The van der Waals surface area contributed by atoms with Crippen molar-refractivity contribution in [2.45, 2.75) is 24.0 Å². The maximum Gasteiger partial charge on any atom is 0.244 e. The van der Waals surface area contributed by atoms with Gasteiger partial charge in [-0.05, 0) is 19.1 Å². The highest BCUT2D eigenvalue weighted by Crippen LogP contribution is 2.13. The molecule has 7 nitrogen and oxygen atoms in total. The van der Waals surface area contributed by atoms with Gasteiger partial charge in [0.15, 0.2) is 0 Å². The van der Waals surface area contributed by atoms with Gasteiger partial charge in [-0.15, -0.1) is 12.4 Å². The number of hydrogen-bond acceptors (Lipinski definition) is 5. The largest absolute Gasteiger partial charge is 0.391 e. The van der Waals surface area contributed by atoms with Crippen LogP contribution >= 0.6 is 12.4 Å². The van der Waals surface area contributed by atoms with E-state index in [9.17, 15) is 22.7 Å². The Hall–Kier alpha value is -1.26. The summed E-state index contributed by atoms with van der Waals surface area (Å²) in [7, 11) is -4.13. The molecule has 2 rings (SSSR count). The maximum atomic E-state index is 13.6. The summed E-state index contributed by atoms with van der Waals surface area (Å²) in [5.74, 6) is -1.54. The molecule has 3 atom stereocenters. The van der Waals surface area contributed by atoms with Crippen LogP contribution in [0.2, 0.25) is 0 Å². The van der Waals surface area contributed by atoms with E-state index in [1.807, 2.05) is 0 Å². The van der Waals surface area contributed by atoms with E-state index < -0.39 is 38.8 Å². The average molecular weight is 382 g/mol. The first kappa shape index (κ1) is 20.8. The first-order valence-electron chi connectivity index (χ1n) is 7.24. The molecule has 0 aromatic heterocycles. The second-order valence-corrected chi connectivity index (χ2v) is 7.19. The molecule has 0 radical (unpaired) electrons. The van der Waals surface area contributed by atoms with Gasteiger partial charge in [0, 0.05) is 25.6 Å². The molecule has 0 saturated carbocycles. The van der Waals surface area contributed by atoms with E-state index in [4.69, 9.17) is 0 Å². The first-order valence-corrected chi connectivity index (χ1v) is 8.73. The third-order valence-electron chi connectivity index (χ3n) is 3.69. The molecule has 1 fully saturated rings. The van der Waals surface area contributed by atoms with E-state index in [-0.39, 0.29) is 24.9 Å². The van der Waals surface area contributed by atoms with Gasteiger partial charge in [-0.3, -0.25) is 4.79 Å². The molecule has 1 amide bonds. The maximum absolute atomic E-state index is 13.6. The molecule has 1 aliphatic rings. The molecule has 1 heterocycles. The number of sulfonamides is 1. The number of amides is 1. The lowest BCUT2D eigenvalue weighted by atomic mass is 10.1. The van der Waals surface area contributed by atoms with Crippen LogP contribution in [0.25, 0.3) is 0 Å². The minimum absolute atomic E-state index is 0. The Kier molecular flexibility index (Phi) is 7.56. The minimum Gasteiger partial charge on any atom is -0.391 e. The molecule has 1 aromatic rings. The fraction of sp³-hybridized carbons (Fsp3) is 0.500. The second-order valence-electron chi connectivity index (χ2n) is 5.50. The van der Waals surface area contributed by atoms with Crippen molar-refractivity contribution in [3.63, 3.8) is 0 Å². The van der Waals surface area contributed by atoms with Gasteiger partial charge in [-0.1, -0.05) is 12.1 Å². The number of hydrogen-bond donors (Lipinski definition) is 4. The van der Waals surface area contributed by atoms with Crippen LogP contribution in [0, 0.1) is 11.7 Å². The quantitative estimate of drug-likeness (QED) is 0.537. The van der Waals surface area contributed by atoms with E-state index in [2.05, 4.69) is 15.4 Å². The monoisotopic (exact) mass is 381 g/mol. The molecule has 0 aliphatic carbocycles. The van der Waals surface area contributed by atoms with Crippen LogP contribution in [0.5, 0.6) is 0 Å². The van der Waals surface area contributed by atoms with E-state index in [1.165, 1.54) is 19.1 Å². The standard InChI is InChI=1S/C14H20FN3O4S.ClH/c1-9(14(20)17-7-10-6-16-8-12(10)19)18-23(21,22)13-5-3-2-4-11(13)15;/h2-5,9-10,12,16,18-19H,6-8H2,1H3,(H,17,20);1H. The zero-order valence-electron chi connectivity index (χ0n) is 13.0. The van der Waals surface area contributed by atoms with Crippen LogP contribution in [-0.4, -0.2) is 51.2 Å². The summed E-state index contributed by atoms with van der Waals surface area (Å²) in [6, 6.07) is 3.88. The number of benzene rings is 1. The lowest BCUT2D eigenvalue weighted by Crippen LogP contribution is -2.46. The molecule has 1 saturated heterocycles. The summed E-state index contributed by atoms with van der Waals surface area (Å²) in [6.07, 6.45) is -0.541. The van der Waals surface area contributed by atoms with Gasteiger partial charge >= 0.3 is 0 Å². The van der Waals surface area contributed by atoms with Crippen LogP contribution in [0.15, 0.2) is 29.2 Å². The number of halogens is 2. The molecule has 24 heavy (non-hydrogen) atoms. The summed E-state index contributed by atoms with van der Waals surface area (Å²) in [5, 5.41) is 15.2. The Balaban J connectivity index is 0.00000288. The van der Waals surface area contributed by atoms with Crippen molar-refractivity contribution in [1.82, 2.24) is 15.4 Å². The van der Waals surface area contributed by atoms with E-state index in [1.54, 1.807) is 0 Å². The predicted octanol–water partition coefficient (Wildman–Crippen LogP) is -0.389. The average Bonchev–Trinajstić information content (AvgIpc) is 2.89.